The molecule has 0 aliphatic carbocycles. The number of hydrogen-bond donors (Lipinski definition) is 0. The SMILES string of the molecule is CCOc1ccc(S(=O)(=O)N2CCC[C@H](C)C2)cn1. The average Bonchev–Trinajstić information content (AvgIpc) is 2.40. The van der Waals surface area contributed by atoms with Crippen molar-refractivity contribution in [2.45, 2.75) is 31.6 Å². The van der Waals surface area contributed by atoms with Gasteiger partial charge in [0.05, 0.1) is 12.8 Å². The summed E-state index contributed by atoms with van der Waals surface area (Å²) in [5.41, 5.74) is 0. The molecule has 1 aromatic heterocycles. The van der Waals surface area contributed by atoms with Crippen LogP contribution in [-0.2, 0) is 10.0 Å². The third-order valence-electron chi connectivity index (χ3n) is 3.26. The fourth-order valence-electron chi connectivity index (χ4n) is 2.27. The average molecular weight is 284 g/mol. The molecule has 19 heavy (non-hydrogen) atoms. The minimum absolute atomic E-state index is 0.241. The molecule has 1 aliphatic heterocycles. The maximum atomic E-state index is 12.4. The molecular weight excluding hydrogens is 264 g/mol. The lowest BCUT2D eigenvalue weighted by molar-refractivity contribution is 0.281. The van der Waals surface area contributed by atoms with Crippen molar-refractivity contribution in [1.29, 1.82) is 0 Å². The van der Waals surface area contributed by atoms with Gasteiger partial charge in [-0.05, 0) is 31.7 Å². The van der Waals surface area contributed by atoms with Gasteiger partial charge in [-0.1, -0.05) is 6.92 Å². The molecule has 6 heteroatoms. The van der Waals surface area contributed by atoms with E-state index in [4.69, 9.17) is 4.74 Å². The summed E-state index contributed by atoms with van der Waals surface area (Å²) >= 11 is 0. The van der Waals surface area contributed by atoms with Crippen molar-refractivity contribution in [2.24, 2.45) is 5.92 Å². The fraction of sp³-hybridized carbons (Fsp3) is 0.615. The summed E-state index contributed by atoms with van der Waals surface area (Å²) in [5, 5.41) is 0. The molecular formula is C13H20N2O3S. The van der Waals surface area contributed by atoms with Crippen LogP contribution in [0.15, 0.2) is 23.2 Å². The number of nitrogens with zero attached hydrogens (tertiary/aromatic N) is 2. The van der Waals surface area contributed by atoms with E-state index in [9.17, 15) is 8.42 Å². The summed E-state index contributed by atoms with van der Waals surface area (Å²) in [4.78, 5) is 4.26. The van der Waals surface area contributed by atoms with E-state index in [1.807, 2.05) is 6.92 Å². The van der Waals surface area contributed by atoms with Gasteiger partial charge in [0.2, 0.25) is 15.9 Å². The molecule has 2 heterocycles. The first kappa shape index (κ1) is 14.3. The van der Waals surface area contributed by atoms with E-state index in [2.05, 4.69) is 11.9 Å². The van der Waals surface area contributed by atoms with E-state index in [0.29, 0.717) is 31.5 Å². The Morgan fingerprint density at radius 2 is 2.26 bits per heavy atom. The van der Waals surface area contributed by atoms with Gasteiger partial charge in [0.25, 0.3) is 0 Å². The highest BCUT2D eigenvalue weighted by molar-refractivity contribution is 7.89. The van der Waals surface area contributed by atoms with E-state index < -0.39 is 10.0 Å². The smallest absolute Gasteiger partial charge is 0.244 e. The summed E-state index contributed by atoms with van der Waals surface area (Å²) in [6.45, 7) is 5.65. The van der Waals surface area contributed by atoms with E-state index in [1.54, 1.807) is 16.4 Å². The van der Waals surface area contributed by atoms with Gasteiger partial charge in [0.15, 0.2) is 0 Å². The molecule has 0 unspecified atom stereocenters. The number of aromatic nitrogens is 1. The molecule has 0 aromatic carbocycles. The first-order chi connectivity index (χ1) is 9.04. The lowest BCUT2D eigenvalue weighted by Gasteiger charge is -2.29. The molecule has 1 saturated heterocycles. The van der Waals surface area contributed by atoms with Gasteiger partial charge < -0.3 is 4.74 Å². The first-order valence-corrected chi connectivity index (χ1v) is 8.07. The van der Waals surface area contributed by atoms with Crippen LogP contribution < -0.4 is 4.74 Å². The molecule has 0 saturated carbocycles. The number of rotatable bonds is 4. The van der Waals surface area contributed by atoms with E-state index in [0.717, 1.165) is 12.8 Å². The summed E-state index contributed by atoms with van der Waals surface area (Å²) in [5.74, 6) is 0.868. The number of pyridine rings is 1. The van der Waals surface area contributed by atoms with Gasteiger partial charge in [-0.15, -0.1) is 0 Å². The maximum Gasteiger partial charge on any atom is 0.244 e. The molecule has 1 aromatic rings. The normalized spacial score (nSPS) is 21.3. The Hall–Kier alpha value is -1.14. The Bertz CT molecular complexity index is 513. The molecule has 0 amide bonds. The lowest BCUT2D eigenvalue weighted by Crippen LogP contribution is -2.39. The number of piperidine rings is 1. The monoisotopic (exact) mass is 284 g/mol. The predicted molar refractivity (Wildman–Crippen MR) is 72.6 cm³/mol. The molecule has 1 atom stereocenters. The summed E-state index contributed by atoms with van der Waals surface area (Å²) < 4.78 is 31.7. The minimum atomic E-state index is -3.41. The largest absolute Gasteiger partial charge is 0.478 e. The van der Waals surface area contributed by atoms with Crippen LogP contribution in [0.5, 0.6) is 5.88 Å². The second-order valence-corrected chi connectivity index (χ2v) is 6.81. The van der Waals surface area contributed by atoms with Gasteiger partial charge in [-0.25, -0.2) is 13.4 Å². The van der Waals surface area contributed by atoms with Crippen LogP contribution in [0.3, 0.4) is 0 Å². The van der Waals surface area contributed by atoms with Crippen molar-refractivity contribution in [3.05, 3.63) is 18.3 Å². The predicted octanol–water partition coefficient (Wildman–Crippen LogP) is 1.90. The number of ether oxygens (including phenoxy) is 1. The lowest BCUT2D eigenvalue weighted by atomic mass is 10.0. The number of sulfonamides is 1. The third kappa shape index (κ3) is 3.25. The van der Waals surface area contributed by atoms with Crippen LogP contribution in [0.25, 0.3) is 0 Å². The van der Waals surface area contributed by atoms with Gasteiger partial charge in [0.1, 0.15) is 4.90 Å². The molecule has 2 rings (SSSR count). The Balaban J connectivity index is 2.18. The fourth-order valence-corrected chi connectivity index (χ4v) is 3.81. The zero-order chi connectivity index (χ0) is 13.9. The molecule has 1 aliphatic rings. The highest BCUT2D eigenvalue weighted by Gasteiger charge is 2.28. The highest BCUT2D eigenvalue weighted by Crippen LogP contribution is 2.23. The van der Waals surface area contributed by atoms with Crippen molar-refractivity contribution in [2.75, 3.05) is 19.7 Å². The van der Waals surface area contributed by atoms with Gasteiger partial charge >= 0.3 is 0 Å². The Labute approximate surface area is 114 Å². The maximum absolute atomic E-state index is 12.4. The standard InChI is InChI=1S/C13H20N2O3S/c1-3-18-13-7-6-12(9-14-13)19(16,17)15-8-4-5-11(2)10-15/h6-7,9,11H,3-5,8,10H2,1-2H3/t11-/m0/s1. The Morgan fingerprint density at radius 1 is 1.47 bits per heavy atom. The van der Waals surface area contributed by atoms with Crippen LogP contribution >= 0.6 is 0 Å². The zero-order valence-corrected chi connectivity index (χ0v) is 12.2. The van der Waals surface area contributed by atoms with E-state index in [1.165, 1.54) is 6.20 Å². The summed E-state index contributed by atoms with van der Waals surface area (Å²) in [7, 11) is -3.41. The van der Waals surface area contributed by atoms with Crippen molar-refractivity contribution in [3.63, 3.8) is 0 Å². The summed E-state index contributed by atoms with van der Waals surface area (Å²) in [6, 6.07) is 3.16. The molecule has 0 spiro atoms. The van der Waals surface area contributed by atoms with Gasteiger partial charge in [-0.2, -0.15) is 4.31 Å². The number of hydrogen-bond acceptors (Lipinski definition) is 4. The van der Waals surface area contributed by atoms with Crippen LogP contribution in [0.2, 0.25) is 0 Å². The van der Waals surface area contributed by atoms with Crippen molar-refractivity contribution >= 4 is 10.0 Å². The molecule has 0 bridgehead atoms. The first-order valence-electron chi connectivity index (χ1n) is 6.63. The molecule has 5 nitrogen and oxygen atoms in total. The Kier molecular flexibility index (Phi) is 4.42. The second kappa shape index (κ2) is 5.88. The molecule has 0 N–H and O–H groups in total. The molecule has 106 valence electrons. The second-order valence-electron chi connectivity index (χ2n) is 4.88. The summed E-state index contributed by atoms with van der Waals surface area (Å²) in [6.07, 6.45) is 3.39. The van der Waals surface area contributed by atoms with E-state index in [-0.39, 0.29) is 4.90 Å². The van der Waals surface area contributed by atoms with E-state index >= 15 is 0 Å². The topological polar surface area (TPSA) is 59.5 Å². The van der Waals surface area contributed by atoms with Crippen molar-refractivity contribution < 1.29 is 13.2 Å². The van der Waals surface area contributed by atoms with Gasteiger partial charge in [0, 0.05) is 19.2 Å². The minimum Gasteiger partial charge on any atom is -0.478 e. The van der Waals surface area contributed by atoms with Crippen LogP contribution in [0.4, 0.5) is 0 Å². The quantitative estimate of drug-likeness (QED) is 0.847. The molecule has 1 fully saturated rings. The van der Waals surface area contributed by atoms with Crippen LogP contribution in [-0.4, -0.2) is 37.4 Å². The third-order valence-corrected chi connectivity index (χ3v) is 5.11. The Morgan fingerprint density at radius 3 is 2.84 bits per heavy atom. The van der Waals surface area contributed by atoms with Crippen molar-refractivity contribution in [3.8, 4) is 5.88 Å². The highest BCUT2D eigenvalue weighted by atomic mass is 32.2. The van der Waals surface area contributed by atoms with Gasteiger partial charge in [-0.3, -0.25) is 0 Å². The van der Waals surface area contributed by atoms with Crippen molar-refractivity contribution in [1.82, 2.24) is 9.29 Å². The zero-order valence-electron chi connectivity index (χ0n) is 11.4. The van der Waals surface area contributed by atoms with Crippen LogP contribution in [0.1, 0.15) is 26.7 Å². The molecule has 0 radical (unpaired) electrons. The van der Waals surface area contributed by atoms with Crippen LogP contribution in [0, 0.1) is 5.92 Å².